The van der Waals surface area contributed by atoms with Crippen LogP contribution in [0.5, 0.6) is 0 Å². The Hall–Kier alpha value is -4.01. The summed E-state index contributed by atoms with van der Waals surface area (Å²) in [5, 5.41) is 2.77. The van der Waals surface area contributed by atoms with Gasteiger partial charge in [0.1, 0.15) is 12.1 Å². The monoisotopic (exact) mass is 461 g/mol. The van der Waals surface area contributed by atoms with E-state index < -0.39 is 30.0 Å². The molecule has 1 aliphatic carbocycles. The molecule has 5 rings (SSSR count). The largest absolute Gasteiger partial charge is 0.464 e. The molecular weight excluding hydrogens is 438 g/mol. The summed E-state index contributed by atoms with van der Waals surface area (Å²) in [6, 6.07) is 13.6. The molecule has 0 aromatic heterocycles. The summed E-state index contributed by atoms with van der Waals surface area (Å²) in [6.07, 6.45) is 2.02. The number of amides is 5. The Morgan fingerprint density at radius 1 is 0.912 bits per heavy atom. The predicted molar refractivity (Wildman–Crippen MR) is 119 cm³/mol. The topological polar surface area (TPSA) is 113 Å². The second kappa shape index (κ2) is 8.40. The highest BCUT2D eigenvalue weighted by Crippen LogP contribution is 2.41. The molecule has 2 aromatic rings. The van der Waals surface area contributed by atoms with Crippen molar-refractivity contribution in [2.75, 3.05) is 19.7 Å². The molecule has 174 valence electrons. The number of nitrogens with zero attached hydrogens (tertiary/aromatic N) is 2. The van der Waals surface area contributed by atoms with Crippen LogP contribution < -0.4 is 5.32 Å². The van der Waals surface area contributed by atoms with E-state index in [-0.39, 0.29) is 25.0 Å². The van der Waals surface area contributed by atoms with Crippen LogP contribution in [0.1, 0.15) is 51.1 Å². The SMILES string of the molecule is O=C(CN1C(=O)N[C@]2(CCc3ccccc32)C1=O)OCCCCN1C(=O)c2ccccc2C1=O. The minimum absolute atomic E-state index is 0.0552. The van der Waals surface area contributed by atoms with Gasteiger partial charge in [0.05, 0.1) is 17.7 Å². The van der Waals surface area contributed by atoms with E-state index >= 15 is 0 Å². The summed E-state index contributed by atoms with van der Waals surface area (Å²) in [7, 11) is 0. The average molecular weight is 461 g/mol. The number of fused-ring (bicyclic) bond motifs is 3. The number of rotatable bonds is 7. The predicted octanol–water partition coefficient (Wildman–Crippen LogP) is 2.00. The molecule has 9 nitrogen and oxygen atoms in total. The summed E-state index contributed by atoms with van der Waals surface area (Å²) in [4.78, 5) is 64.7. The van der Waals surface area contributed by atoms with Crippen molar-refractivity contribution in [3.05, 3.63) is 70.8 Å². The molecule has 1 spiro atoms. The number of hydrogen-bond donors (Lipinski definition) is 1. The number of imide groups is 2. The maximum Gasteiger partial charge on any atom is 0.326 e. The van der Waals surface area contributed by atoms with E-state index in [4.69, 9.17) is 4.74 Å². The Kier molecular flexibility index (Phi) is 5.39. The number of carbonyl (C=O) groups is 5. The normalized spacial score (nSPS) is 20.7. The number of unbranched alkanes of at least 4 members (excludes halogenated alkanes) is 1. The lowest BCUT2D eigenvalue weighted by molar-refractivity contribution is -0.148. The van der Waals surface area contributed by atoms with Gasteiger partial charge in [-0.25, -0.2) is 4.79 Å². The molecule has 1 fully saturated rings. The molecular formula is C25H23N3O6. The Labute approximate surface area is 195 Å². The van der Waals surface area contributed by atoms with Crippen molar-refractivity contribution in [2.24, 2.45) is 0 Å². The first-order valence-corrected chi connectivity index (χ1v) is 11.3. The number of hydrogen-bond acceptors (Lipinski definition) is 6. The van der Waals surface area contributed by atoms with E-state index in [2.05, 4.69) is 5.32 Å². The van der Waals surface area contributed by atoms with Crippen LogP contribution in [0.25, 0.3) is 0 Å². The van der Waals surface area contributed by atoms with Crippen molar-refractivity contribution in [1.29, 1.82) is 0 Å². The van der Waals surface area contributed by atoms with E-state index in [9.17, 15) is 24.0 Å². The van der Waals surface area contributed by atoms with E-state index in [0.29, 0.717) is 36.8 Å². The summed E-state index contributed by atoms with van der Waals surface area (Å²) < 4.78 is 5.20. The van der Waals surface area contributed by atoms with Crippen LogP contribution in [0.15, 0.2) is 48.5 Å². The van der Waals surface area contributed by atoms with Crippen molar-refractivity contribution in [1.82, 2.24) is 15.1 Å². The lowest BCUT2D eigenvalue weighted by Crippen LogP contribution is -2.42. The zero-order chi connectivity index (χ0) is 23.9. The van der Waals surface area contributed by atoms with Gasteiger partial charge in [0, 0.05) is 6.54 Å². The summed E-state index contributed by atoms with van der Waals surface area (Å²) >= 11 is 0. The summed E-state index contributed by atoms with van der Waals surface area (Å²) in [5.74, 6) is -1.77. The summed E-state index contributed by atoms with van der Waals surface area (Å²) in [6.45, 7) is -0.189. The third kappa shape index (κ3) is 3.44. The Balaban J connectivity index is 1.10. The average Bonchev–Trinajstić information content (AvgIpc) is 3.41. The van der Waals surface area contributed by atoms with Crippen molar-refractivity contribution < 1.29 is 28.7 Å². The number of benzene rings is 2. The van der Waals surface area contributed by atoms with Crippen LogP contribution in [0, 0.1) is 0 Å². The number of aryl methyl sites for hydroxylation is 1. The molecule has 0 radical (unpaired) electrons. The fourth-order valence-corrected chi connectivity index (χ4v) is 4.91. The first kappa shape index (κ1) is 21.8. The number of urea groups is 1. The zero-order valence-corrected chi connectivity index (χ0v) is 18.4. The van der Waals surface area contributed by atoms with E-state index in [1.807, 2.05) is 24.3 Å². The van der Waals surface area contributed by atoms with Crippen LogP contribution in [-0.2, 0) is 26.3 Å². The van der Waals surface area contributed by atoms with Gasteiger partial charge in [-0.1, -0.05) is 36.4 Å². The number of carbonyl (C=O) groups excluding carboxylic acids is 5. The molecule has 1 atom stereocenters. The first-order chi connectivity index (χ1) is 16.4. The van der Waals surface area contributed by atoms with Crippen LogP contribution in [0.2, 0.25) is 0 Å². The highest BCUT2D eigenvalue weighted by Gasteiger charge is 2.55. The fraction of sp³-hybridized carbons (Fsp3) is 0.320. The molecule has 5 amide bonds. The van der Waals surface area contributed by atoms with Crippen molar-refractivity contribution >= 4 is 29.7 Å². The Morgan fingerprint density at radius 2 is 1.59 bits per heavy atom. The van der Waals surface area contributed by atoms with Gasteiger partial charge in [-0.3, -0.25) is 29.0 Å². The molecule has 34 heavy (non-hydrogen) atoms. The first-order valence-electron chi connectivity index (χ1n) is 11.3. The van der Waals surface area contributed by atoms with E-state index in [1.165, 1.54) is 4.90 Å². The number of nitrogens with one attached hydrogen (secondary N) is 1. The van der Waals surface area contributed by atoms with Crippen molar-refractivity contribution in [2.45, 2.75) is 31.2 Å². The molecule has 2 heterocycles. The van der Waals surface area contributed by atoms with Crippen LogP contribution in [0.3, 0.4) is 0 Å². The van der Waals surface area contributed by atoms with Gasteiger partial charge < -0.3 is 10.1 Å². The lowest BCUT2D eigenvalue weighted by atomic mass is 9.92. The quantitative estimate of drug-likeness (QED) is 0.292. The second-order valence-electron chi connectivity index (χ2n) is 8.62. The van der Waals surface area contributed by atoms with Crippen LogP contribution in [-0.4, -0.2) is 59.2 Å². The zero-order valence-electron chi connectivity index (χ0n) is 18.4. The standard InChI is InChI=1S/C25H23N3O6/c29-20(34-14-6-5-13-27-21(30)17-8-2-3-9-18(17)22(27)31)15-28-23(32)25(26-24(28)33)12-11-16-7-1-4-10-19(16)25/h1-4,7-10H,5-6,11-15H2,(H,26,33)/t25-/m0/s1. The maximum absolute atomic E-state index is 13.1. The molecule has 2 aliphatic heterocycles. The van der Waals surface area contributed by atoms with Gasteiger partial charge in [-0.2, -0.15) is 0 Å². The van der Waals surface area contributed by atoms with E-state index in [0.717, 1.165) is 16.0 Å². The highest BCUT2D eigenvalue weighted by atomic mass is 16.5. The molecule has 3 aliphatic rings. The Bertz CT molecular complexity index is 1190. The molecule has 1 N–H and O–H groups in total. The molecule has 0 unspecified atom stereocenters. The third-order valence-corrected chi connectivity index (χ3v) is 6.63. The van der Waals surface area contributed by atoms with Crippen molar-refractivity contribution in [3.8, 4) is 0 Å². The van der Waals surface area contributed by atoms with Gasteiger partial charge in [-0.15, -0.1) is 0 Å². The molecule has 2 aromatic carbocycles. The number of ether oxygens (including phenoxy) is 1. The van der Waals surface area contributed by atoms with Crippen LogP contribution >= 0.6 is 0 Å². The van der Waals surface area contributed by atoms with Gasteiger partial charge >= 0.3 is 12.0 Å². The smallest absolute Gasteiger partial charge is 0.326 e. The molecule has 0 bridgehead atoms. The minimum atomic E-state index is -1.11. The molecule has 9 heteroatoms. The van der Waals surface area contributed by atoms with Gasteiger partial charge in [-0.05, 0) is 48.9 Å². The second-order valence-corrected chi connectivity index (χ2v) is 8.62. The van der Waals surface area contributed by atoms with Gasteiger partial charge in [0.25, 0.3) is 17.7 Å². The number of esters is 1. The fourth-order valence-electron chi connectivity index (χ4n) is 4.91. The van der Waals surface area contributed by atoms with Crippen LogP contribution in [0.4, 0.5) is 4.79 Å². The highest BCUT2D eigenvalue weighted by molar-refractivity contribution is 6.21. The minimum Gasteiger partial charge on any atom is -0.464 e. The van der Waals surface area contributed by atoms with E-state index in [1.54, 1.807) is 24.3 Å². The Morgan fingerprint density at radius 3 is 2.32 bits per heavy atom. The lowest BCUT2D eigenvalue weighted by Gasteiger charge is -2.22. The third-order valence-electron chi connectivity index (χ3n) is 6.63. The molecule has 1 saturated heterocycles. The van der Waals surface area contributed by atoms with Gasteiger partial charge in [0.2, 0.25) is 0 Å². The maximum atomic E-state index is 13.1. The molecule has 0 saturated carbocycles. The van der Waals surface area contributed by atoms with Gasteiger partial charge in [0.15, 0.2) is 0 Å². The van der Waals surface area contributed by atoms with Crippen molar-refractivity contribution in [3.63, 3.8) is 0 Å². The summed E-state index contributed by atoms with van der Waals surface area (Å²) in [5.41, 5.74) is 1.47.